The number of hydrogen-bond acceptors (Lipinski definition) is 14. The van der Waals surface area contributed by atoms with Gasteiger partial charge in [-0.3, -0.25) is 29.1 Å². The average molecular weight is 812 g/mol. The lowest BCUT2D eigenvalue weighted by molar-refractivity contribution is -0.832. The first-order valence-electron chi connectivity index (χ1n) is 18.2. The number of amides is 2. The fourth-order valence-electron chi connectivity index (χ4n) is 6.64. The topological polar surface area (TPSA) is 296 Å². The Kier molecular flexibility index (Phi) is 16.6. The second-order valence-corrected chi connectivity index (χ2v) is 15.3. The summed E-state index contributed by atoms with van der Waals surface area (Å²) in [6, 6.07) is 2.04. The van der Waals surface area contributed by atoms with Crippen LogP contribution in [0.25, 0.3) is 0 Å². The van der Waals surface area contributed by atoms with Crippen LogP contribution in [0.4, 0.5) is 0 Å². The fraction of sp³-hybridized carbons (Fsp3) is 0.600. The average Bonchev–Trinajstić information content (AvgIpc) is 3.72. The molecule has 310 valence electrons. The van der Waals surface area contributed by atoms with Crippen LogP contribution in [-0.2, 0) is 43.3 Å². The first-order valence-corrected chi connectivity index (χ1v) is 19.7. The van der Waals surface area contributed by atoms with Crippen molar-refractivity contribution in [3.05, 3.63) is 35.0 Å². The minimum atomic E-state index is -4.34. The smallest absolute Gasteiger partial charge is 0.414 e. The number of nitrogens with one attached hydrogen (secondary N) is 2. The number of fused-ring (bicyclic) bond motifs is 1. The molecule has 1 aliphatic carbocycles. The number of sulfone groups is 1. The van der Waals surface area contributed by atoms with Crippen LogP contribution >= 0.6 is 0 Å². The molecule has 56 heavy (non-hydrogen) atoms. The summed E-state index contributed by atoms with van der Waals surface area (Å²) in [5, 5.41) is 46.3. The van der Waals surface area contributed by atoms with Crippen LogP contribution in [0, 0.1) is 18.0 Å². The molecular formula is C35H49N5O15S. The fourth-order valence-corrected chi connectivity index (χ4v) is 7.91. The maximum atomic E-state index is 13.1. The van der Waals surface area contributed by atoms with Gasteiger partial charge in [-0.25, -0.2) is 18.0 Å². The molecule has 1 aliphatic heterocycles. The van der Waals surface area contributed by atoms with Crippen LogP contribution in [-0.4, -0.2) is 113 Å². The molecule has 4 rings (SSSR count). The first-order chi connectivity index (χ1) is 26.4. The Balaban J connectivity index is 0.000000303. The Morgan fingerprint density at radius 3 is 2.30 bits per heavy atom. The SMILES string of the molecule is CCC[C@H](N[C@@H](C)C(=O)N1[C@H](C(=O)O)C[C@@H]2CCCC[C@@H]21)C(=O)OCC.Cc1ccc(S(=O)(=O)c2c(OCCC(=O)N[C@@H](CC(=O)O)C(=O)O)no[n+]2[O-])cc1. The quantitative estimate of drug-likeness (QED) is 0.104. The number of carboxylic acids is 3. The molecule has 0 spiro atoms. The van der Waals surface area contributed by atoms with E-state index in [9.17, 15) is 47.5 Å². The number of nitrogens with zero attached hydrogens (tertiary/aromatic N) is 3. The maximum absolute atomic E-state index is 13.1. The summed E-state index contributed by atoms with van der Waals surface area (Å²) in [7, 11) is -4.34. The van der Waals surface area contributed by atoms with Crippen molar-refractivity contribution in [3.8, 4) is 5.88 Å². The lowest BCUT2D eigenvalue weighted by Crippen LogP contribution is -2.55. The molecule has 1 aromatic carbocycles. The number of carboxylic acid groups (broad SMARTS) is 3. The van der Waals surface area contributed by atoms with E-state index in [2.05, 4.69) is 15.1 Å². The first kappa shape index (κ1) is 45.1. The summed E-state index contributed by atoms with van der Waals surface area (Å²) in [5.74, 6) is -5.76. The number of carbonyl (C=O) groups is 6. The van der Waals surface area contributed by atoms with Crippen molar-refractivity contribution < 1.29 is 71.5 Å². The van der Waals surface area contributed by atoms with E-state index < -0.39 is 88.2 Å². The van der Waals surface area contributed by atoms with Crippen molar-refractivity contribution in [3.63, 3.8) is 0 Å². The van der Waals surface area contributed by atoms with E-state index in [-0.39, 0.29) is 33.6 Å². The highest BCUT2D eigenvalue weighted by Crippen LogP contribution is 2.40. The third-order valence-electron chi connectivity index (χ3n) is 9.31. The van der Waals surface area contributed by atoms with Crippen LogP contribution < -0.4 is 20.3 Å². The number of aliphatic carboxylic acids is 3. The Hall–Kier alpha value is -5.31. The van der Waals surface area contributed by atoms with Gasteiger partial charge in [-0.05, 0) is 69.4 Å². The largest absolute Gasteiger partial charge is 0.481 e. The molecule has 1 saturated heterocycles. The highest BCUT2D eigenvalue weighted by atomic mass is 32.2. The molecule has 21 heteroatoms. The standard InChI is InChI=1S/C19H32N2O5.C16H17N3O10S/c1-4-8-14(19(25)26-5-2)20-12(3)17(22)21-15-10-7-6-9-13(15)11-16(21)18(23)24;1-9-2-4-10(5-3-9)30(26,27)15-14(18-29-19(15)25)28-7-6-12(20)17-11(16(23)24)8-13(21)22/h12-16,20H,4-11H2,1-3H3,(H,23,24);2-5,11H,6-8H2,1H3,(H,17,20)(H,21,22)(H,23,24)/t12-,13-,14-,15-,16-;11-/m00/s1. The van der Waals surface area contributed by atoms with Gasteiger partial charge in [-0.15, -0.1) is 0 Å². The Morgan fingerprint density at radius 2 is 1.71 bits per heavy atom. The van der Waals surface area contributed by atoms with Crippen LogP contribution in [0.3, 0.4) is 0 Å². The molecule has 5 N–H and O–H groups in total. The zero-order chi connectivity index (χ0) is 41.7. The van der Waals surface area contributed by atoms with Gasteiger partial charge in [0.25, 0.3) is 9.84 Å². The summed E-state index contributed by atoms with van der Waals surface area (Å²) < 4.78 is 39.8. The van der Waals surface area contributed by atoms with E-state index >= 15 is 0 Å². The molecule has 1 aromatic heterocycles. The van der Waals surface area contributed by atoms with Crippen molar-refractivity contribution in [2.75, 3.05) is 13.2 Å². The van der Waals surface area contributed by atoms with Gasteiger partial charge in [-0.2, -0.15) is 0 Å². The number of ether oxygens (including phenoxy) is 2. The minimum absolute atomic E-state index is 0.00817. The van der Waals surface area contributed by atoms with Crippen LogP contribution in [0.2, 0.25) is 0 Å². The molecule has 20 nitrogen and oxygen atoms in total. The van der Waals surface area contributed by atoms with Gasteiger partial charge in [0.1, 0.15) is 24.7 Å². The molecule has 2 aromatic rings. The molecular weight excluding hydrogens is 762 g/mol. The second kappa shape index (κ2) is 20.6. The number of likely N-dealkylation sites (tertiary alicyclic amines) is 1. The van der Waals surface area contributed by atoms with Crippen LogP contribution in [0.15, 0.2) is 38.8 Å². The number of rotatable bonds is 18. The molecule has 1 saturated carbocycles. The molecule has 0 radical (unpaired) electrons. The van der Waals surface area contributed by atoms with Gasteiger partial charge in [-0.1, -0.05) is 43.9 Å². The summed E-state index contributed by atoms with van der Waals surface area (Å²) in [4.78, 5) is 71.3. The van der Waals surface area contributed by atoms with Crippen molar-refractivity contribution in [2.45, 2.75) is 126 Å². The summed E-state index contributed by atoms with van der Waals surface area (Å²) in [6.07, 6.45) is 4.57. The monoisotopic (exact) mass is 811 g/mol. The van der Waals surface area contributed by atoms with Crippen molar-refractivity contribution >= 4 is 45.5 Å². The summed E-state index contributed by atoms with van der Waals surface area (Å²) >= 11 is 0. The predicted octanol–water partition coefficient (Wildman–Crippen LogP) is 1.20. The normalized spacial score (nSPS) is 19.3. The summed E-state index contributed by atoms with van der Waals surface area (Å²) in [5.41, 5.74) is 0.791. The van der Waals surface area contributed by atoms with Gasteiger partial charge in [0.2, 0.25) is 11.8 Å². The molecule has 6 atom stereocenters. The zero-order valence-electron chi connectivity index (χ0n) is 31.5. The van der Waals surface area contributed by atoms with E-state index in [1.165, 1.54) is 24.3 Å². The number of aryl methyl sites for hydroxylation is 1. The molecule has 2 aliphatic rings. The highest BCUT2D eigenvalue weighted by molar-refractivity contribution is 7.91. The Bertz CT molecular complexity index is 1820. The van der Waals surface area contributed by atoms with E-state index in [0.717, 1.165) is 37.7 Å². The molecule has 0 unspecified atom stereocenters. The van der Waals surface area contributed by atoms with Gasteiger partial charge in [0.15, 0.2) is 0 Å². The minimum Gasteiger partial charge on any atom is -0.481 e. The predicted molar refractivity (Wildman–Crippen MR) is 191 cm³/mol. The zero-order valence-corrected chi connectivity index (χ0v) is 32.4. The van der Waals surface area contributed by atoms with Gasteiger partial charge >= 0.3 is 34.8 Å². The number of benzene rings is 1. The van der Waals surface area contributed by atoms with Crippen molar-refractivity contribution in [2.24, 2.45) is 5.92 Å². The molecule has 0 bridgehead atoms. The van der Waals surface area contributed by atoms with Crippen LogP contribution in [0.5, 0.6) is 5.88 Å². The maximum Gasteiger partial charge on any atom is 0.414 e. The number of esters is 1. The lowest BCUT2D eigenvalue weighted by atomic mass is 9.84. The van der Waals surface area contributed by atoms with Crippen molar-refractivity contribution in [1.29, 1.82) is 0 Å². The number of carbonyl (C=O) groups excluding carboxylic acids is 3. The van der Waals surface area contributed by atoms with Gasteiger partial charge in [0.05, 0.1) is 35.5 Å². The number of hydrogen-bond donors (Lipinski definition) is 5. The molecule has 2 amide bonds. The Morgan fingerprint density at radius 1 is 1.05 bits per heavy atom. The van der Waals surface area contributed by atoms with E-state index in [1.807, 2.05) is 12.2 Å². The van der Waals surface area contributed by atoms with Crippen LogP contribution in [0.1, 0.15) is 84.1 Å². The van der Waals surface area contributed by atoms with E-state index in [0.29, 0.717) is 19.4 Å². The van der Waals surface area contributed by atoms with Crippen molar-refractivity contribution in [1.82, 2.24) is 20.7 Å². The van der Waals surface area contributed by atoms with Gasteiger partial charge < -0.3 is 40.2 Å². The third-order valence-corrected chi connectivity index (χ3v) is 11.0. The summed E-state index contributed by atoms with van der Waals surface area (Å²) in [6.45, 7) is 6.97. The molecule has 2 heterocycles. The molecule has 2 fully saturated rings. The van der Waals surface area contributed by atoms with E-state index in [1.54, 1.807) is 25.7 Å². The number of aromatic nitrogens is 2. The highest BCUT2D eigenvalue weighted by Gasteiger charge is 2.48. The second-order valence-electron chi connectivity index (χ2n) is 13.4. The van der Waals surface area contributed by atoms with Gasteiger partial charge in [0, 0.05) is 6.04 Å². The Labute approximate surface area is 322 Å². The third kappa shape index (κ3) is 11.8. The lowest BCUT2D eigenvalue weighted by Gasteiger charge is -2.35. The van der Waals surface area contributed by atoms with E-state index in [4.69, 9.17) is 19.7 Å².